The van der Waals surface area contributed by atoms with Gasteiger partial charge < -0.3 is 10.2 Å². The third kappa shape index (κ3) is 3.66. The van der Waals surface area contributed by atoms with Crippen molar-refractivity contribution in [3.63, 3.8) is 0 Å². The van der Waals surface area contributed by atoms with Gasteiger partial charge in [-0.25, -0.2) is 14.6 Å². The van der Waals surface area contributed by atoms with Crippen molar-refractivity contribution >= 4 is 22.8 Å². The number of nitrogens with one attached hydrogen (secondary N) is 1. The Hall–Kier alpha value is -2.96. The standard InChI is InChI=1S/C19H24N6O/c1-4-24(5-2)18-16-11-22-25(19(16)21-13-20-18)12-17(26)23-14(3)15-9-7-6-8-10-15/h6-11,13-14H,4-5,12H2,1-3H3,(H,23,26). The Morgan fingerprint density at radius 2 is 1.92 bits per heavy atom. The zero-order chi connectivity index (χ0) is 18.5. The molecule has 0 radical (unpaired) electrons. The van der Waals surface area contributed by atoms with Crippen LogP contribution < -0.4 is 10.2 Å². The van der Waals surface area contributed by atoms with Gasteiger partial charge in [0.25, 0.3) is 0 Å². The largest absolute Gasteiger partial charge is 0.356 e. The maximum Gasteiger partial charge on any atom is 0.242 e. The molecule has 0 aliphatic carbocycles. The van der Waals surface area contributed by atoms with Crippen LogP contribution in [0.3, 0.4) is 0 Å². The van der Waals surface area contributed by atoms with Crippen molar-refractivity contribution in [3.05, 3.63) is 48.4 Å². The Kier molecular flexibility index (Phi) is 5.46. The lowest BCUT2D eigenvalue weighted by molar-refractivity contribution is -0.122. The molecule has 0 fully saturated rings. The number of nitrogens with zero attached hydrogens (tertiary/aromatic N) is 5. The van der Waals surface area contributed by atoms with Crippen molar-refractivity contribution < 1.29 is 4.79 Å². The van der Waals surface area contributed by atoms with Crippen LogP contribution in [-0.2, 0) is 11.3 Å². The van der Waals surface area contributed by atoms with Gasteiger partial charge in [0.2, 0.25) is 5.91 Å². The highest BCUT2D eigenvalue weighted by atomic mass is 16.2. The predicted octanol–water partition coefficient (Wildman–Crippen LogP) is 2.55. The molecular weight excluding hydrogens is 328 g/mol. The average Bonchev–Trinajstić information content (AvgIpc) is 3.07. The fourth-order valence-corrected chi connectivity index (χ4v) is 3.02. The van der Waals surface area contributed by atoms with E-state index in [0.717, 1.165) is 29.9 Å². The summed E-state index contributed by atoms with van der Waals surface area (Å²) in [5, 5.41) is 8.22. The molecule has 3 rings (SSSR count). The Morgan fingerprint density at radius 1 is 1.19 bits per heavy atom. The molecule has 0 aliphatic rings. The van der Waals surface area contributed by atoms with E-state index in [1.165, 1.54) is 6.33 Å². The molecule has 7 nitrogen and oxygen atoms in total. The first-order chi connectivity index (χ1) is 12.6. The second kappa shape index (κ2) is 7.95. The molecule has 0 bridgehead atoms. The summed E-state index contributed by atoms with van der Waals surface area (Å²) in [6.07, 6.45) is 3.26. The number of carbonyl (C=O) groups excluding carboxylic acids is 1. The summed E-state index contributed by atoms with van der Waals surface area (Å²) in [4.78, 5) is 23.3. The van der Waals surface area contributed by atoms with Crippen molar-refractivity contribution in [1.29, 1.82) is 0 Å². The molecule has 1 aromatic carbocycles. The smallest absolute Gasteiger partial charge is 0.242 e. The lowest BCUT2D eigenvalue weighted by Crippen LogP contribution is -2.30. The van der Waals surface area contributed by atoms with E-state index in [1.54, 1.807) is 10.9 Å². The molecule has 0 saturated heterocycles. The van der Waals surface area contributed by atoms with Gasteiger partial charge in [-0.05, 0) is 26.3 Å². The van der Waals surface area contributed by atoms with Crippen LogP contribution in [0.25, 0.3) is 11.0 Å². The minimum absolute atomic E-state index is 0.0635. The van der Waals surface area contributed by atoms with Crippen LogP contribution in [0.15, 0.2) is 42.9 Å². The second-order valence-corrected chi connectivity index (χ2v) is 6.11. The number of carbonyl (C=O) groups is 1. The molecule has 1 unspecified atom stereocenters. The lowest BCUT2D eigenvalue weighted by atomic mass is 10.1. The number of amides is 1. The molecule has 0 saturated carbocycles. The minimum Gasteiger partial charge on any atom is -0.356 e. The van der Waals surface area contributed by atoms with E-state index in [1.807, 2.05) is 37.3 Å². The zero-order valence-electron chi connectivity index (χ0n) is 15.4. The number of rotatable bonds is 7. The van der Waals surface area contributed by atoms with Gasteiger partial charge in [0.15, 0.2) is 5.65 Å². The summed E-state index contributed by atoms with van der Waals surface area (Å²) in [5.74, 6) is 0.749. The van der Waals surface area contributed by atoms with Gasteiger partial charge in [0.05, 0.1) is 17.6 Å². The topological polar surface area (TPSA) is 75.9 Å². The number of hydrogen-bond donors (Lipinski definition) is 1. The monoisotopic (exact) mass is 352 g/mol. The minimum atomic E-state index is -0.102. The van der Waals surface area contributed by atoms with Crippen LogP contribution in [0.2, 0.25) is 0 Å². The molecule has 2 heterocycles. The third-order valence-electron chi connectivity index (χ3n) is 4.45. The van der Waals surface area contributed by atoms with E-state index in [9.17, 15) is 4.79 Å². The lowest BCUT2D eigenvalue weighted by Gasteiger charge is -2.19. The quantitative estimate of drug-likeness (QED) is 0.707. The fraction of sp³-hybridized carbons (Fsp3) is 0.368. The summed E-state index contributed by atoms with van der Waals surface area (Å²) in [5.41, 5.74) is 1.74. The van der Waals surface area contributed by atoms with E-state index < -0.39 is 0 Å². The summed E-state index contributed by atoms with van der Waals surface area (Å²) < 4.78 is 1.62. The van der Waals surface area contributed by atoms with E-state index in [0.29, 0.717) is 5.65 Å². The molecule has 2 aromatic heterocycles. The van der Waals surface area contributed by atoms with E-state index in [2.05, 4.69) is 39.1 Å². The molecule has 0 spiro atoms. The highest BCUT2D eigenvalue weighted by molar-refractivity contribution is 5.87. The molecule has 136 valence electrons. The number of aromatic nitrogens is 4. The van der Waals surface area contributed by atoms with Crippen molar-refractivity contribution in [2.75, 3.05) is 18.0 Å². The Bertz CT molecular complexity index is 872. The van der Waals surface area contributed by atoms with Crippen LogP contribution in [0.1, 0.15) is 32.4 Å². The highest BCUT2D eigenvalue weighted by Crippen LogP contribution is 2.22. The Balaban J connectivity index is 1.77. The van der Waals surface area contributed by atoms with E-state index in [4.69, 9.17) is 0 Å². The highest BCUT2D eigenvalue weighted by Gasteiger charge is 2.16. The van der Waals surface area contributed by atoms with E-state index in [-0.39, 0.29) is 18.5 Å². The van der Waals surface area contributed by atoms with Crippen molar-refractivity contribution in [2.45, 2.75) is 33.4 Å². The first-order valence-electron chi connectivity index (χ1n) is 8.89. The summed E-state index contributed by atoms with van der Waals surface area (Å²) in [6, 6.07) is 9.82. The molecule has 7 heteroatoms. The van der Waals surface area contributed by atoms with Crippen molar-refractivity contribution in [3.8, 4) is 0 Å². The van der Waals surface area contributed by atoms with Gasteiger partial charge in [0.1, 0.15) is 18.7 Å². The van der Waals surface area contributed by atoms with E-state index >= 15 is 0 Å². The predicted molar refractivity (Wildman–Crippen MR) is 102 cm³/mol. The Morgan fingerprint density at radius 3 is 2.62 bits per heavy atom. The first kappa shape index (κ1) is 17.8. The SMILES string of the molecule is CCN(CC)c1ncnc2c1cnn2CC(=O)NC(C)c1ccccc1. The van der Waals surface area contributed by atoms with Crippen molar-refractivity contribution in [1.82, 2.24) is 25.1 Å². The summed E-state index contributed by atoms with van der Waals surface area (Å²) in [6.45, 7) is 7.96. The number of fused-ring (bicyclic) bond motifs is 1. The molecule has 1 N–H and O–H groups in total. The first-order valence-corrected chi connectivity index (χ1v) is 8.89. The maximum absolute atomic E-state index is 12.4. The third-order valence-corrected chi connectivity index (χ3v) is 4.45. The van der Waals surface area contributed by atoms with Crippen LogP contribution in [0, 0.1) is 0 Å². The van der Waals surface area contributed by atoms with Crippen LogP contribution in [0.4, 0.5) is 5.82 Å². The Labute approximate surface area is 153 Å². The zero-order valence-corrected chi connectivity index (χ0v) is 15.4. The molecule has 1 atom stereocenters. The summed E-state index contributed by atoms with van der Waals surface area (Å²) in [7, 11) is 0. The van der Waals surface area contributed by atoms with Gasteiger partial charge in [-0.1, -0.05) is 30.3 Å². The van der Waals surface area contributed by atoms with Gasteiger partial charge in [-0.15, -0.1) is 0 Å². The van der Waals surface area contributed by atoms with Gasteiger partial charge >= 0.3 is 0 Å². The van der Waals surface area contributed by atoms with Crippen molar-refractivity contribution in [2.24, 2.45) is 0 Å². The number of anilines is 1. The van der Waals surface area contributed by atoms with Crippen LogP contribution in [-0.4, -0.2) is 38.7 Å². The normalized spacial score (nSPS) is 12.1. The maximum atomic E-state index is 12.4. The van der Waals surface area contributed by atoms with Crippen LogP contribution >= 0.6 is 0 Å². The van der Waals surface area contributed by atoms with Gasteiger partial charge in [-0.3, -0.25) is 4.79 Å². The molecule has 3 aromatic rings. The molecule has 26 heavy (non-hydrogen) atoms. The average molecular weight is 352 g/mol. The second-order valence-electron chi connectivity index (χ2n) is 6.11. The van der Waals surface area contributed by atoms with Gasteiger partial charge in [0, 0.05) is 13.1 Å². The fourth-order valence-electron chi connectivity index (χ4n) is 3.02. The number of benzene rings is 1. The molecular formula is C19H24N6O. The molecule has 0 aliphatic heterocycles. The number of hydrogen-bond acceptors (Lipinski definition) is 5. The van der Waals surface area contributed by atoms with Gasteiger partial charge in [-0.2, -0.15) is 5.10 Å². The van der Waals surface area contributed by atoms with Crippen LogP contribution in [0.5, 0.6) is 0 Å². The molecule has 1 amide bonds. The summed E-state index contributed by atoms with van der Waals surface area (Å²) >= 11 is 0.